The fourth-order valence-corrected chi connectivity index (χ4v) is 2.56. The van der Waals surface area contributed by atoms with Crippen LogP contribution in [0.4, 0.5) is 0 Å². The fourth-order valence-electron chi connectivity index (χ4n) is 2.56. The molecule has 6 nitrogen and oxygen atoms in total. The highest BCUT2D eigenvalue weighted by Crippen LogP contribution is 2.32. The van der Waals surface area contributed by atoms with Crippen molar-refractivity contribution < 1.29 is 24.3 Å². The molecule has 21 heavy (non-hydrogen) atoms. The Morgan fingerprint density at radius 2 is 1.67 bits per heavy atom. The van der Waals surface area contributed by atoms with Gasteiger partial charge in [-0.3, -0.25) is 19.2 Å². The van der Waals surface area contributed by atoms with Gasteiger partial charge in [-0.25, -0.2) is 0 Å². The van der Waals surface area contributed by atoms with Gasteiger partial charge in [0.2, 0.25) is 5.91 Å². The molecule has 6 heteroatoms. The number of carboxylic acid groups (broad SMARTS) is 1. The molecular weight excluding hydrogens is 274 g/mol. The molecule has 0 fully saturated rings. The van der Waals surface area contributed by atoms with Gasteiger partial charge in [-0.2, -0.15) is 0 Å². The highest BCUT2D eigenvalue weighted by Gasteiger charge is 2.40. The Morgan fingerprint density at radius 3 is 2.10 bits per heavy atom. The maximum absolute atomic E-state index is 12.2. The third-order valence-electron chi connectivity index (χ3n) is 3.70. The molecule has 0 radical (unpaired) electrons. The number of carbonyl (C=O) groups is 4. The average molecular weight is 289 g/mol. The first kappa shape index (κ1) is 14.9. The number of nitrogens with two attached hydrogens (primary N) is 1. The van der Waals surface area contributed by atoms with Crippen LogP contribution in [0.25, 0.3) is 0 Å². The maximum Gasteiger partial charge on any atom is 0.306 e. The van der Waals surface area contributed by atoms with Gasteiger partial charge in [0.15, 0.2) is 11.6 Å². The van der Waals surface area contributed by atoms with Gasteiger partial charge >= 0.3 is 5.97 Å². The molecule has 0 heterocycles. The molecule has 2 rings (SSSR count). The first-order chi connectivity index (χ1) is 9.91. The second kappa shape index (κ2) is 5.87. The SMILES string of the molecule is NC(=O)CCC(CC1C(=O)c2ccccc2C1=O)C(=O)O. The molecule has 1 atom stereocenters. The Balaban J connectivity index is 2.16. The lowest BCUT2D eigenvalue weighted by Gasteiger charge is -2.14. The summed E-state index contributed by atoms with van der Waals surface area (Å²) in [4.78, 5) is 46.4. The number of amides is 1. The molecule has 0 bridgehead atoms. The Labute approximate surface area is 120 Å². The molecule has 1 aromatic carbocycles. The summed E-state index contributed by atoms with van der Waals surface area (Å²) in [6.07, 6.45) is -0.161. The van der Waals surface area contributed by atoms with Crippen molar-refractivity contribution in [1.82, 2.24) is 0 Å². The molecular formula is C15H15NO5. The van der Waals surface area contributed by atoms with Crippen LogP contribution in [0.5, 0.6) is 0 Å². The zero-order chi connectivity index (χ0) is 15.6. The molecule has 0 saturated heterocycles. The molecule has 1 unspecified atom stereocenters. The summed E-state index contributed by atoms with van der Waals surface area (Å²) in [7, 11) is 0. The van der Waals surface area contributed by atoms with E-state index in [1.54, 1.807) is 24.3 Å². The van der Waals surface area contributed by atoms with Gasteiger partial charge in [-0.1, -0.05) is 24.3 Å². The minimum Gasteiger partial charge on any atom is -0.481 e. The van der Waals surface area contributed by atoms with Crippen molar-refractivity contribution >= 4 is 23.4 Å². The standard InChI is InChI=1S/C15H15NO5/c16-12(17)6-5-8(15(20)21)7-11-13(18)9-3-1-2-4-10(9)14(11)19/h1-4,8,11H,5-7H2,(H2,16,17)(H,20,21). The van der Waals surface area contributed by atoms with E-state index in [1.807, 2.05) is 0 Å². The monoisotopic (exact) mass is 289 g/mol. The van der Waals surface area contributed by atoms with Gasteiger partial charge in [-0.15, -0.1) is 0 Å². The average Bonchev–Trinajstić information content (AvgIpc) is 2.68. The zero-order valence-corrected chi connectivity index (χ0v) is 11.2. The molecule has 1 aliphatic rings. The van der Waals surface area contributed by atoms with Gasteiger partial charge in [0.05, 0.1) is 11.8 Å². The van der Waals surface area contributed by atoms with E-state index in [4.69, 9.17) is 10.8 Å². The molecule has 1 aliphatic carbocycles. The lowest BCUT2D eigenvalue weighted by Crippen LogP contribution is -2.25. The largest absolute Gasteiger partial charge is 0.481 e. The quantitative estimate of drug-likeness (QED) is 0.759. The molecule has 3 N–H and O–H groups in total. The predicted octanol–water partition coefficient (Wildman–Crippen LogP) is 1.04. The van der Waals surface area contributed by atoms with Gasteiger partial charge in [0, 0.05) is 17.5 Å². The van der Waals surface area contributed by atoms with Gasteiger partial charge in [0.1, 0.15) is 0 Å². The van der Waals surface area contributed by atoms with Crippen LogP contribution in [0.2, 0.25) is 0 Å². The van der Waals surface area contributed by atoms with E-state index in [-0.39, 0.29) is 30.8 Å². The number of ketones is 2. The minimum atomic E-state index is -1.13. The summed E-state index contributed by atoms with van der Waals surface area (Å²) in [6.45, 7) is 0. The maximum atomic E-state index is 12.2. The summed E-state index contributed by atoms with van der Waals surface area (Å²) in [5.74, 6) is -4.34. The molecule has 0 aromatic heterocycles. The van der Waals surface area contributed by atoms with E-state index < -0.39 is 23.7 Å². The number of aliphatic carboxylic acids is 1. The van der Waals surface area contributed by atoms with Gasteiger partial charge in [0.25, 0.3) is 0 Å². The number of carboxylic acids is 1. The number of hydrogen-bond acceptors (Lipinski definition) is 4. The van der Waals surface area contributed by atoms with Crippen LogP contribution in [0, 0.1) is 11.8 Å². The van der Waals surface area contributed by atoms with E-state index in [0.29, 0.717) is 11.1 Å². The van der Waals surface area contributed by atoms with Crippen molar-refractivity contribution in [3.05, 3.63) is 35.4 Å². The zero-order valence-electron chi connectivity index (χ0n) is 11.2. The lowest BCUT2D eigenvalue weighted by atomic mass is 9.88. The summed E-state index contributed by atoms with van der Waals surface area (Å²) in [5, 5.41) is 9.16. The number of carbonyl (C=O) groups excluding carboxylic acids is 3. The van der Waals surface area contributed by atoms with Crippen LogP contribution in [0.3, 0.4) is 0 Å². The third-order valence-corrected chi connectivity index (χ3v) is 3.70. The van der Waals surface area contributed by atoms with Crippen molar-refractivity contribution in [3.8, 4) is 0 Å². The summed E-state index contributed by atoms with van der Waals surface area (Å²) in [5.41, 5.74) is 5.69. The van der Waals surface area contributed by atoms with Crippen molar-refractivity contribution in [3.63, 3.8) is 0 Å². The topological polar surface area (TPSA) is 115 Å². The van der Waals surface area contributed by atoms with E-state index in [1.165, 1.54) is 0 Å². The second-order valence-electron chi connectivity index (χ2n) is 5.10. The van der Waals surface area contributed by atoms with E-state index in [2.05, 4.69) is 0 Å². The summed E-state index contributed by atoms with van der Waals surface area (Å²) >= 11 is 0. The van der Waals surface area contributed by atoms with Crippen molar-refractivity contribution in [1.29, 1.82) is 0 Å². The first-order valence-corrected chi connectivity index (χ1v) is 6.60. The summed E-state index contributed by atoms with van der Waals surface area (Å²) in [6, 6.07) is 6.45. The molecule has 0 aliphatic heterocycles. The van der Waals surface area contributed by atoms with E-state index in [9.17, 15) is 19.2 Å². The normalized spacial score (nSPS) is 15.8. The number of primary amides is 1. The van der Waals surface area contributed by atoms with Crippen LogP contribution in [-0.4, -0.2) is 28.5 Å². The Hall–Kier alpha value is -2.50. The van der Waals surface area contributed by atoms with Crippen molar-refractivity contribution in [2.75, 3.05) is 0 Å². The number of benzene rings is 1. The van der Waals surface area contributed by atoms with E-state index >= 15 is 0 Å². The van der Waals surface area contributed by atoms with Crippen LogP contribution in [0.15, 0.2) is 24.3 Å². The number of Topliss-reactive ketones (excluding diaryl/α,β-unsaturated/α-hetero) is 2. The van der Waals surface area contributed by atoms with Crippen LogP contribution in [0.1, 0.15) is 40.0 Å². The van der Waals surface area contributed by atoms with Crippen LogP contribution >= 0.6 is 0 Å². The van der Waals surface area contributed by atoms with Crippen LogP contribution in [-0.2, 0) is 9.59 Å². The smallest absolute Gasteiger partial charge is 0.306 e. The number of rotatable bonds is 6. The van der Waals surface area contributed by atoms with E-state index in [0.717, 1.165) is 0 Å². The molecule has 1 amide bonds. The highest BCUT2D eigenvalue weighted by molar-refractivity contribution is 6.26. The van der Waals surface area contributed by atoms with Crippen molar-refractivity contribution in [2.24, 2.45) is 17.6 Å². The lowest BCUT2D eigenvalue weighted by molar-refractivity contribution is -0.142. The Morgan fingerprint density at radius 1 is 1.14 bits per heavy atom. The Bertz CT molecular complexity index is 587. The number of fused-ring (bicyclic) bond motifs is 1. The molecule has 0 saturated carbocycles. The number of hydrogen-bond donors (Lipinski definition) is 2. The Kier molecular flexibility index (Phi) is 4.16. The minimum absolute atomic E-state index is 0.0259. The van der Waals surface area contributed by atoms with Gasteiger partial charge in [-0.05, 0) is 12.8 Å². The summed E-state index contributed by atoms with van der Waals surface area (Å²) < 4.78 is 0. The second-order valence-corrected chi connectivity index (χ2v) is 5.10. The van der Waals surface area contributed by atoms with Crippen molar-refractivity contribution in [2.45, 2.75) is 19.3 Å². The fraction of sp³-hybridized carbons (Fsp3) is 0.333. The van der Waals surface area contributed by atoms with Crippen LogP contribution < -0.4 is 5.73 Å². The molecule has 110 valence electrons. The van der Waals surface area contributed by atoms with Gasteiger partial charge < -0.3 is 10.8 Å². The first-order valence-electron chi connectivity index (χ1n) is 6.60. The molecule has 0 spiro atoms. The molecule has 1 aromatic rings. The third kappa shape index (κ3) is 2.99. The highest BCUT2D eigenvalue weighted by atomic mass is 16.4. The predicted molar refractivity (Wildman–Crippen MR) is 72.8 cm³/mol.